The van der Waals surface area contributed by atoms with E-state index in [-0.39, 0.29) is 0 Å². The van der Waals surface area contributed by atoms with Crippen LogP contribution in [0.25, 0.3) is 76.5 Å². The highest BCUT2D eigenvalue weighted by Gasteiger charge is 2.21. The highest BCUT2D eigenvalue weighted by molar-refractivity contribution is 6.26. The molecule has 11 aromatic rings. The second-order valence-corrected chi connectivity index (χ2v) is 13.8. The van der Waals surface area contributed by atoms with Crippen molar-refractivity contribution in [3.63, 3.8) is 0 Å². The largest absolute Gasteiger partial charge is 0.310 e. The molecule has 9 aromatic carbocycles. The molecule has 0 bridgehead atoms. The molecule has 0 aliphatic carbocycles. The van der Waals surface area contributed by atoms with E-state index in [1.54, 1.807) is 0 Å². The standard InChI is InChI=1S/C50H33N3/c1-2-16-38(17-3-1)52-47-21-11-9-19-45(47)49-48(52)31-30-44-43-18-8-10-20-46(43)53(50(44)49)40-28-26-39(27-29-40)51(41-24-22-34-12-4-6-14-36(34)32-41)42-25-23-35-13-5-7-15-37(35)33-42/h1-33H. The van der Waals surface area contributed by atoms with E-state index >= 15 is 0 Å². The lowest BCUT2D eigenvalue weighted by Crippen LogP contribution is -2.10. The van der Waals surface area contributed by atoms with Crippen molar-refractivity contribution < 1.29 is 0 Å². The minimum absolute atomic E-state index is 1.10. The summed E-state index contributed by atoms with van der Waals surface area (Å²) < 4.78 is 4.87. The SMILES string of the molecule is c1ccc(-n2c3ccccc3c3c2ccc2c4ccccc4n(-c4ccc(N(c5ccc6ccccc6c5)c5ccc6ccccc6c5)cc4)c23)cc1. The molecule has 0 unspecified atom stereocenters. The van der Waals surface area contributed by atoms with E-state index in [1.165, 1.54) is 65.2 Å². The Kier molecular flexibility index (Phi) is 6.55. The fourth-order valence-electron chi connectivity index (χ4n) is 8.46. The average molecular weight is 676 g/mol. The van der Waals surface area contributed by atoms with Crippen LogP contribution in [0, 0.1) is 0 Å². The molecule has 2 heterocycles. The molecule has 0 saturated heterocycles. The molecule has 2 aromatic heterocycles. The van der Waals surface area contributed by atoms with Gasteiger partial charge >= 0.3 is 0 Å². The van der Waals surface area contributed by atoms with Crippen molar-refractivity contribution in [2.24, 2.45) is 0 Å². The van der Waals surface area contributed by atoms with Crippen LogP contribution in [0.1, 0.15) is 0 Å². The first kappa shape index (κ1) is 29.6. The van der Waals surface area contributed by atoms with E-state index in [1.807, 2.05) is 0 Å². The molecule has 0 atom stereocenters. The van der Waals surface area contributed by atoms with Crippen LogP contribution in [0.5, 0.6) is 0 Å². The Hall–Kier alpha value is -7.10. The van der Waals surface area contributed by atoms with Gasteiger partial charge in [-0.2, -0.15) is 0 Å². The fraction of sp³-hybridized carbons (Fsp3) is 0. The molecule has 0 fully saturated rings. The van der Waals surface area contributed by atoms with Gasteiger partial charge in [0.05, 0.1) is 22.1 Å². The maximum atomic E-state index is 2.47. The summed E-state index contributed by atoms with van der Waals surface area (Å²) in [5, 5.41) is 9.91. The van der Waals surface area contributed by atoms with Crippen molar-refractivity contribution in [1.82, 2.24) is 9.13 Å². The number of aromatic nitrogens is 2. The molecular formula is C50H33N3. The quantitative estimate of drug-likeness (QED) is 0.177. The number of rotatable bonds is 5. The first-order valence-corrected chi connectivity index (χ1v) is 18.2. The van der Waals surface area contributed by atoms with Crippen LogP contribution in [0.2, 0.25) is 0 Å². The highest BCUT2D eigenvalue weighted by Crippen LogP contribution is 2.43. The van der Waals surface area contributed by atoms with Gasteiger partial charge in [0.15, 0.2) is 0 Å². The second-order valence-electron chi connectivity index (χ2n) is 13.8. The van der Waals surface area contributed by atoms with Crippen molar-refractivity contribution in [3.8, 4) is 11.4 Å². The van der Waals surface area contributed by atoms with Crippen LogP contribution in [-0.4, -0.2) is 9.13 Å². The van der Waals surface area contributed by atoms with Gasteiger partial charge in [-0.3, -0.25) is 0 Å². The number of para-hydroxylation sites is 3. The Labute approximate surface area is 306 Å². The van der Waals surface area contributed by atoms with Gasteiger partial charge in [0.1, 0.15) is 0 Å². The molecule has 0 radical (unpaired) electrons. The number of nitrogens with zero attached hydrogens (tertiary/aromatic N) is 3. The van der Waals surface area contributed by atoms with Gasteiger partial charge in [-0.15, -0.1) is 0 Å². The Balaban J connectivity index is 1.14. The lowest BCUT2D eigenvalue weighted by Gasteiger charge is -2.26. The molecule has 0 saturated carbocycles. The topological polar surface area (TPSA) is 13.1 Å². The molecule has 3 nitrogen and oxygen atoms in total. The third kappa shape index (κ3) is 4.61. The molecule has 3 heteroatoms. The molecule has 0 amide bonds. The normalized spacial score (nSPS) is 11.8. The number of hydrogen-bond donors (Lipinski definition) is 0. The molecule has 248 valence electrons. The van der Waals surface area contributed by atoms with Crippen LogP contribution in [0.4, 0.5) is 17.1 Å². The van der Waals surface area contributed by atoms with E-state index < -0.39 is 0 Å². The zero-order valence-electron chi connectivity index (χ0n) is 28.9. The molecule has 11 rings (SSSR count). The molecule has 53 heavy (non-hydrogen) atoms. The Morgan fingerprint density at radius 3 is 1.47 bits per heavy atom. The van der Waals surface area contributed by atoms with Crippen LogP contribution in [0.15, 0.2) is 200 Å². The Bertz CT molecular complexity index is 3090. The second kappa shape index (κ2) is 11.7. The summed E-state index contributed by atoms with van der Waals surface area (Å²) in [5.74, 6) is 0. The molecule has 0 N–H and O–H groups in total. The van der Waals surface area contributed by atoms with Gasteiger partial charge in [-0.25, -0.2) is 0 Å². The van der Waals surface area contributed by atoms with Gasteiger partial charge < -0.3 is 14.0 Å². The highest BCUT2D eigenvalue weighted by atomic mass is 15.1. The summed E-state index contributed by atoms with van der Waals surface area (Å²) in [6, 6.07) is 72.7. The van der Waals surface area contributed by atoms with Crippen molar-refractivity contribution in [2.75, 3.05) is 4.90 Å². The fourth-order valence-corrected chi connectivity index (χ4v) is 8.46. The van der Waals surface area contributed by atoms with E-state index in [0.717, 1.165) is 28.4 Å². The lowest BCUT2D eigenvalue weighted by molar-refractivity contribution is 1.17. The van der Waals surface area contributed by atoms with Crippen molar-refractivity contribution in [3.05, 3.63) is 200 Å². The maximum Gasteiger partial charge on any atom is 0.0641 e. The van der Waals surface area contributed by atoms with Gasteiger partial charge in [-0.1, -0.05) is 121 Å². The molecule has 0 aliphatic heterocycles. The minimum Gasteiger partial charge on any atom is -0.310 e. The maximum absolute atomic E-state index is 2.47. The predicted octanol–water partition coefficient (Wildman–Crippen LogP) is 13.7. The number of hydrogen-bond acceptors (Lipinski definition) is 1. The zero-order chi connectivity index (χ0) is 34.9. The Morgan fingerprint density at radius 2 is 0.811 bits per heavy atom. The van der Waals surface area contributed by atoms with Crippen molar-refractivity contribution in [1.29, 1.82) is 0 Å². The van der Waals surface area contributed by atoms with E-state index in [0.29, 0.717) is 0 Å². The predicted molar refractivity (Wildman–Crippen MR) is 225 cm³/mol. The van der Waals surface area contributed by atoms with Gasteiger partial charge in [0.25, 0.3) is 0 Å². The summed E-state index contributed by atoms with van der Waals surface area (Å²) in [4.78, 5) is 2.38. The van der Waals surface area contributed by atoms with Crippen LogP contribution < -0.4 is 4.90 Å². The number of benzene rings is 9. The van der Waals surface area contributed by atoms with E-state index in [2.05, 4.69) is 214 Å². The molecule has 0 aliphatic rings. The Morgan fingerprint density at radius 1 is 0.302 bits per heavy atom. The number of anilines is 3. The zero-order valence-corrected chi connectivity index (χ0v) is 28.9. The van der Waals surface area contributed by atoms with Crippen molar-refractivity contribution in [2.45, 2.75) is 0 Å². The molecular weight excluding hydrogens is 643 g/mol. The first-order chi connectivity index (χ1) is 26.3. The number of fused-ring (bicyclic) bond motifs is 9. The third-order valence-corrected chi connectivity index (χ3v) is 10.8. The lowest BCUT2D eigenvalue weighted by atomic mass is 10.1. The average Bonchev–Trinajstić information content (AvgIpc) is 3.74. The summed E-state index contributed by atoms with van der Waals surface area (Å²) >= 11 is 0. The van der Waals surface area contributed by atoms with E-state index in [9.17, 15) is 0 Å². The van der Waals surface area contributed by atoms with Crippen LogP contribution in [-0.2, 0) is 0 Å². The van der Waals surface area contributed by atoms with Crippen LogP contribution >= 0.6 is 0 Å². The van der Waals surface area contributed by atoms with Crippen LogP contribution in [0.3, 0.4) is 0 Å². The third-order valence-electron chi connectivity index (χ3n) is 10.8. The first-order valence-electron chi connectivity index (χ1n) is 18.2. The monoisotopic (exact) mass is 675 g/mol. The molecule has 0 spiro atoms. The van der Waals surface area contributed by atoms with Crippen molar-refractivity contribution >= 4 is 82.2 Å². The summed E-state index contributed by atoms with van der Waals surface area (Å²) in [7, 11) is 0. The van der Waals surface area contributed by atoms with Gasteiger partial charge in [0, 0.05) is 50.0 Å². The minimum atomic E-state index is 1.10. The van der Waals surface area contributed by atoms with Gasteiger partial charge in [0.2, 0.25) is 0 Å². The summed E-state index contributed by atoms with van der Waals surface area (Å²) in [6.07, 6.45) is 0. The smallest absolute Gasteiger partial charge is 0.0641 e. The van der Waals surface area contributed by atoms with E-state index in [4.69, 9.17) is 0 Å². The summed E-state index contributed by atoms with van der Waals surface area (Å²) in [5.41, 5.74) is 10.5. The summed E-state index contributed by atoms with van der Waals surface area (Å²) in [6.45, 7) is 0. The van der Waals surface area contributed by atoms with Gasteiger partial charge in [-0.05, 0) is 100 Å².